The summed E-state index contributed by atoms with van der Waals surface area (Å²) in [7, 11) is 0. The second-order valence-corrected chi connectivity index (χ2v) is 6.14. The summed E-state index contributed by atoms with van der Waals surface area (Å²) >= 11 is 0. The van der Waals surface area contributed by atoms with E-state index in [1.54, 1.807) is 4.90 Å². The number of hydrogen-bond acceptors (Lipinski definition) is 2. The normalized spacial score (nSPS) is 25.5. The molecule has 1 saturated heterocycles. The SMILES string of the molecule is O=C(O)N(CCC1CCOCC1)C1CC1c1ccccc1. The average Bonchev–Trinajstić information content (AvgIpc) is 3.29. The Kier molecular flexibility index (Phi) is 4.44. The number of carboxylic acid groups (broad SMARTS) is 1. The van der Waals surface area contributed by atoms with Gasteiger partial charge in [-0.3, -0.25) is 0 Å². The minimum absolute atomic E-state index is 0.171. The highest BCUT2D eigenvalue weighted by Gasteiger charge is 2.44. The van der Waals surface area contributed by atoms with Gasteiger partial charge in [0, 0.05) is 31.7 Å². The first-order chi connectivity index (χ1) is 10.3. The van der Waals surface area contributed by atoms with Crippen molar-refractivity contribution in [2.75, 3.05) is 19.8 Å². The lowest BCUT2D eigenvalue weighted by Gasteiger charge is -2.26. The van der Waals surface area contributed by atoms with Gasteiger partial charge in [-0.25, -0.2) is 4.79 Å². The van der Waals surface area contributed by atoms with Crippen molar-refractivity contribution >= 4 is 6.09 Å². The molecule has 2 unspecified atom stereocenters. The largest absolute Gasteiger partial charge is 0.465 e. The summed E-state index contributed by atoms with van der Waals surface area (Å²) in [6, 6.07) is 10.4. The van der Waals surface area contributed by atoms with E-state index in [0.717, 1.165) is 38.9 Å². The predicted molar refractivity (Wildman–Crippen MR) is 80.5 cm³/mol. The molecule has 1 aliphatic carbocycles. The third-order valence-corrected chi connectivity index (χ3v) is 4.75. The van der Waals surface area contributed by atoms with E-state index in [-0.39, 0.29) is 6.04 Å². The number of amides is 1. The molecule has 21 heavy (non-hydrogen) atoms. The van der Waals surface area contributed by atoms with Gasteiger partial charge in [0.1, 0.15) is 0 Å². The summed E-state index contributed by atoms with van der Waals surface area (Å²) in [6.45, 7) is 2.32. The van der Waals surface area contributed by atoms with E-state index in [4.69, 9.17) is 4.74 Å². The molecule has 2 fully saturated rings. The van der Waals surface area contributed by atoms with Crippen molar-refractivity contribution in [2.24, 2.45) is 5.92 Å². The molecule has 1 saturated carbocycles. The van der Waals surface area contributed by atoms with Crippen molar-refractivity contribution in [2.45, 2.75) is 37.6 Å². The molecule has 1 aliphatic heterocycles. The van der Waals surface area contributed by atoms with E-state index >= 15 is 0 Å². The molecule has 0 spiro atoms. The van der Waals surface area contributed by atoms with Crippen molar-refractivity contribution in [3.05, 3.63) is 35.9 Å². The van der Waals surface area contributed by atoms with Crippen molar-refractivity contribution in [3.8, 4) is 0 Å². The molecule has 1 heterocycles. The van der Waals surface area contributed by atoms with Crippen LogP contribution in [0.15, 0.2) is 30.3 Å². The lowest BCUT2D eigenvalue weighted by Crippen LogP contribution is -2.35. The Labute approximate surface area is 125 Å². The van der Waals surface area contributed by atoms with Crippen LogP contribution in [0, 0.1) is 5.92 Å². The minimum atomic E-state index is -0.773. The van der Waals surface area contributed by atoms with Gasteiger partial charge in [-0.1, -0.05) is 30.3 Å². The Bertz CT molecular complexity index is 470. The van der Waals surface area contributed by atoms with Crippen LogP contribution in [0.3, 0.4) is 0 Å². The zero-order valence-electron chi connectivity index (χ0n) is 12.3. The van der Waals surface area contributed by atoms with Crippen molar-refractivity contribution in [3.63, 3.8) is 0 Å². The zero-order valence-corrected chi connectivity index (χ0v) is 12.3. The summed E-state index contributed by atoms with van der Waals surface area (Å²) in [5.74, 6) is 1.01. The fourth-order valence-corrected chi connectivity index (χ4v) is 3.34. The molecule has 114 valence electrons. The van der Waals surface area contributed by atoms with Crippen LogP contribution in [-0.4, -0.2) is 41.9 Å². The summed E-state index contributed by atoms with van der Waals surface area (Å²) in [6.07, 6.45) is 3.30. The van der Waals surface area contributed by atoms with Gasteiger partial charge >= 0.3 is 6.09 Å². The van der Waals surface area contributed by atoms with E-state index < -0.39 is 6.09 Å². The van der Waals surface area contributed by atoms with Crippen LogP contribution in [-0.2, 0) is 4.74 Å². The fraction of sp³-hybridized carbons (Fsp3) is 0.588. The molecule has 3 rings (SSSR count). The molecule has 2 aliphatic rings. The van der Waals surface area contributed by atoms with Crippen LogP contribution in [0.1, 0.15) is 37.2 Å². The molecule has 1 N–H and O–H groups in total. The standard InChI is InChI=1S/C17H23NO3/c19-17(20)18(9-6-13-7-10-21-11-8-13)16-12-15(16)14-4-2-1-3-5-14/h1-5,13,15-16H,6-12H2,(H,19,20). The molecule has 1 aromatic rings. The zero-order chi connectivity index (χ0) is 14.7. The third-order valence-electron chi connectivity index (χ3n) is 4.75. The number of rotatable bonds is 5. The van der Waals surface area contributed by atoms with Crippen molar-refractivity contribution in [1.29, 1.82) is 0 Å². The molecule has 1 aromatic carbocycles. The van der Waals surface area contributed by atoms with Gasteiger partial charge in [-0.2, -0.15) is 0 Å². The van der Waals surface area contributed by atoms with Gasteiger partial charge in [0.25, 0.3) is 0 Å². The monoisotopic (exact) mass is 289 g/mol. The first-order valence-corrected chi connectivity index (χ1v) is 7.88. The first-order valence-electron chi connectivity index (χ1n) is 7.88. The van der Waals surface area contributed by atoms with Gasteiger partial charge in [-0.15, -0.1) is 0 Å². The molecule has 1 amide bonds. The Morgan fingerprint density at radius 2 is 1.95 bits per heavy atom. The maximum absolute atomic E-state index is 11.5. The van der Waals surface area contributed by atoms with Crippen LogP contribution < -0.4 is 0 Å². The molecule has 2 atom stereocenters. The molecule has 4 heteroatoms. The summed E-state index contributed by atoms with van der Waals surface area (Å²) in [5, 5.41) is 9.48. The van der Waals surface area contributed by atoms with Crippen LogP contribution in [0.25, 0.3) is 0 Å². The number of nitrogens with zero attached hydrogens (tertiary/aromatic N) is 1. The van der Waals surface area contributed by atoms with Gasteiger partial charge in [0.15, 0.2) is 0 Å². The van der Waals surface area contributed by atoms with E-state index in [1.807, 2.05) is 18.2 Å². The van der Waals surface area contributed by atoms with Crippen LogP contribution in [0.2, 0.25) is 0 Å². The maximum atomic E-state index is 11.5. The van der Waals surface area contributed by atoms with Gasteiger partial charge in [-0.05, 0) is 37.2 Å². The summed E-state index contributed by atoms with van der Waals surface area (Å²) in [5.41, 5.74) is 1.26. The number of hydrogen-bond donors (Lipinski definition) is 1. The molecular weight excluding hydrogens is 266 g/mol. The highest BCUT2D eigenvalue weighted by atomic mass is 16.5. The van der Waals surface area contributed by atoms with Crippen molar-refractivity contribution in [1.82, 2.24) is 4.90 Å². The first kappa shape index (κ1) is 14.4. The van der Waals surface area contributed by atoms with Gasteiger partial charge < -0.3 is 14.7 Å². The van der Waals surface area contributed by atoms with E-state index in [1.165, 1.54) is 5.56 Å². The maximum Gasteiger partial charge on any atom is 0.407 e. The van der Waals surface area contributed by atoms with E-state index in [0.29, 0.717) is 18.4 Å². The van der Waals surface area contributed by atoms with E-state index in [2.05, 4.69) is 12.1 Å². The number of benzene rings is 1. The van der Waals surface area contributed by atoms with Gasteiger partial charge in [0.2, 0.25) is 0 Å². The molecule has 0 aromatic heterocycles. The Hall–Kier alpha value is -1.55. The summed E-state index contributed by atoms with van der Waals surface area (Å²) < 4.78 is 5.36. The molecule has 0 radical (unpaired) electrons. The number of carbonyl (C=O) groups is 1. The predicted octanol–water partition coefficient (Wildman–Crippen LogP) is 3.34. The lowest BCUT2D eigenvalue weighted by atomic mass is 9.96. The van der Waals surface area contributed by atoms with Crippen LogP contribution in [0.4, 0.5) is 4.79 Å². The third kappa shape index (κ3) is 3.56. The molecule has 4 nitrogen and oxygen atoms in total. The van der Waals surface area contributed by atoms with Crippen LogP contribution >= 0.6 is 0 Å². The highest BCUT2D eigenvalue weighted by molar-refractivity contribution is 5.66. The summed E-state index contributed by atoms with van der Waals surface area (Å²) in [4.78, 5) is 13.2. The fourth-order valence-electron chi connectivity index (χ4n) is 3.34. The number of ether oxygens (including phenoxy) is 1. The molecule has 0 bridgehead atoms. The van der Waals surface area contributed by atoms with Gasteiger partial charge in [0.05, 0.1) is 0 Å². The average molecular weight is 289 g/mol. The molecular formula is C17H23NO3. The van der Waals surface area contributed by atoms with Crippen LogP contribution in [0.5, 0.6) is 0 Å². The topological polar surface area (TPSA) is 49.8 Å². The quantitative estimate of drug-likeness (QED) is 0.904. The Morgan fingerprint density at radius 1 is 1.24 bits per heavy atom. The van der Waals surface area contributed by atoms with Crippen molar-refractivity contribution < 1.29 is 14.6 Å². The second-order valence-electron chi connectivity index (χ2n) is 6.14. The Balaban J connectivity index is 1.55. The second kappa shape index (κ2) is 6.48. The highest BCUT2D eigenvalue weighted by Crippen LogP contribution is 2.44. The van der Waals surface area contributed by atoms with E-state index in [9.17, 15) is 9.90 Å². The smallest absolute Gasteiger partial charge is 0.407 e. The lowest BCUT2D eigenvalue weighted by molar-refractivity contribution is 0.0595. The minimum Gasteiger partial charge on any atom is -0.465 e. The Morgan fingerprint density at radius 3 is 2.62 bits per heavy atom.